The predicted octanol–water partition coefficient (Wildman–Crippen LogP) is 2.98. The lowest BCUT2D eigenvalue weighted by Crippen LogP contribution is -2.34. The smallest absolute Gasteiger partial charge is 0.227 e. The van der Waals surface area contributed by atoms with Crippen molar-refractivity contribution < 1.29 is 4.79 Å². The van der Waals surface area contributed by atoms with Gasteiger partial charge in [-0.3, -0.25) is 4.79 Å². The van der Waals surface area contributed by atoms with Crippen molar-refractivity contribution in [2.24, 2.45) is 5.92 Å². The molecule has 1 saturated heterocycles. The number of aromatic nitrogens is 1. The molecule has 2 N–H and O–H groups in total. The van der Waals surface area contributed by atoms with Gasteiger partial charge in [0.25, 0.3) is 0 Å². The molecule has 1 amide bonds. The molecule has 1 aromatic heterocycles. The molecule has 0 saturated carbocycles. The van der Waals surface area contributed by atoms with Crippen molar-refractivity contribution in [3.8, 4) is 0 Å². The molecule has 0 unspecified atom stereocenters. The van der Waals surface area contributed by atoms with E-state index in [9.17, 15) is 4.79 Å². The molecule has 1 fully saturated rings. The molecule has 140 valence electrons. The van der Waals surface area contributed by atoms with Gasteiger partial charge in [0.1, 0.15) is 0 Å². The number of halogens is 2. The number of likely N-dealkylation sites (N-methyl/N-ethyl adjacent to an activating group) is 1. The number of hydrogen-bond donors (Lipinski definition) is 2. The highest BCUT2D eigenvalue weighted by molar-refractivity contribution is 5.95. The Morgan fingerprint density at radius 3 is 2.64 bits per heavy atom. The van der Waals surface area contributed by atoms with Crippen LogP contribution >= 0.6 is 24.8 Å². The summed E-state index contributed by atoms with van der Waals surface area (Å²) in [6.45, 7) is 3.81. The van der Waals surface area contributed by atoms with Crippen LogP contribution in [-0.4, -0.2) is 49.1 Å². The molecular formula is C18H28Cl2N4O. The monoisotopic (exact) mass is 386 g/mol. The number of nitrogens with zero attached hydrogens (tertiary/aromatic N) is 2. The number of amides is 1. The topological polar surface area (TPSA) is 49.3 Å². The lowest BCUT2D eigenvalue weighted by molar-refractivity contribution is -0.120. The number of carbonyl (C=O) groups excluding carboxylic acids is 1. The minimum absolute atomic E-state index is 0. The molecule has 0 radical (unpaired) electrons. The van der Waals surface area contributed by atoms with Crippen molar-refractivity contribution in [3.63, 3.8) is 0 Å². The number of anilines is 1. The SMILES string of the molecule is CN(C)CCn1ccc2ccc(NC(=O)C3CCNCC3)cc21.Cl.Cl. The van der Waals surface area contributed by atoms with Crippen LogP contribution in [0.2, 0.25) is 0 Å². The summed E-state index contributed by atoms with van der Waals surface area (Å²) in [5.41, 5.74) is 2.07. The molecule has 1 aromatic carbocycles. The van der Waals surface area contributed by atoms with Gasteiger partial charge < -0.3 is 20.1 Å². The first-order chi connectivity index (χ1) is 11.1. The summed E-state index contributed by atoms with van der Waals surface area (Å²) in [5.74, 6) is 0.282. The minimum atomic E-state index is 0. The second-order valence-electron chi connectivity index (χ2n) is 6.60. The summed E-state index contributed by atoms with van der Waals surface area (Å²) in [4.78, 5) is 14.6. The van der Waals surface area contributed by atoms with E-state index in [0.29, 0.717) is 0 Å². The van der Waals surface area contributed by atoms with E-state index in [2.05, 4.69) is 58.6 Å². The van der Waals surface area contributed by atoms with Crippen molar-refractivity contribution in [1.29, 1.82) is 0 Å². The standard InChI is InChI=1S/C18H26N4O.2ClH/c1-21(2)11-12-22-10-7-14-3-4-16(13-17(14)22)20-18(23)15-5-8-19-9-6-15;;/h3-4,7,10,13,15,19H,5-6,8-9,11-12H2,1-2H3,(H,20,23);2*1H. The number of rotatable bonds is 5. The summed E-state index contributed by atoms with van der Waals surface area (Å²) in [5, 5.41) is 7.60. The Bertz CT molecular complexity index is 681. The van der Waals surface area contributed by atoms with Crippen LogP contribution in [0.5, 0.6) is 0 Å². The van der Waals surface area contributed by atoms with E-state index in [4.69, 9.17) is 0 Å². The van der Waals surface area contributed by atoms with Crippen LogP contribution in [0.4, 0.5) is 5.69 Å². The quantitative estimate of drug-likeness (QED) is 0.830. The van der Waals surface area contributed by atoms with Gasteiger partial charge in [0.2, 0.25) is 5.91 Å². The van der Waals surface area contributed by atoms with Gasteiger partial charge in [-0.25, -0.2) is 0 Å². The van der Waals surface area contributed by atoms with Crippen LogP contribution in [0, 0.1) is 5.92 Å². The fraction of sp³-hybridized carbons (Fsp3) is 0.500. The molecule has 1 aliphatic heterocycles. The van der Waals surface area contributed by atoms with Crippen LogP contribution in [0.3, 0.4) is 0 Å². The van der Waals surface area contributed by atoms with Crippen molar-refractivity contribution in [3.05, 3.63) is 30.5 Å². The maximum Gasteiger partial charge on any atom is 0.227 e. The van der Waals surface area contributed by atoms with Gasteiger partial charge in [0.05, 0.1) is 5.52 Å². The average molecular weight is 387 g/mol. The third kappa shape index (κ3) is 5.61. The Hall–Kier alpha value is -1.27. The molecule has 2 aromatic rings. The van der Waals surface area contributed by atoms with E-state index in [1.54, 1.807) is 0 Å². The van der Waals surface area contributed by atoms with Crippen molar-refractivity contribution in [1.82, 2.24) is 14.8 Å². The van der Waals surface area contributed by atoms with Gasteiger partial charge in [-0.15, -0.1) is 24.8 Å². The number of piperidine rings is 1. The lowest BCUT2D eigenvalue weighted by Gasteiger charge is -2.21. The van der Waals surface area contributed by atoms with Crippen LogP contribution in [0.25, 0.3) is 10.9 Å². The number of nitrogens with one attached hydrogen (secondary N) is 2. The van der Waals surface area contributed by atoms with E-state index in [1.807, 2.05) is 6.07 Å². The van der Waals surface area contributed by atoms with Crippen molar-refractivity contribution in [2.75, 3.05) is 39.0 Å². The molecule has 0 atom stereocenters. The van der Waals surface area contributed by atoms with Crippen molar-refractivity contribution >= 4 is 47.3 Å². The third-order valence-corrected chi connectivity index (χ3v) is 4.54. The first kappa shape index (κ1) is 21.8. The Labute approximate surface area is 162 Å². The summed E-state index contributed by atoms with van der Waals surface area (Å²) in [6.07, 6.45) is 3.97. The molecule has 5 nitrogen and oxygen atoms in total. The fourth-order valence-electron chi connectivity index (χ4n) is 3.09. The molecule has 2 heterocycles. The van der Waals surface area contributed by atoms with Gasteiger partial charge in [0.15, 0.2) is 0 Å². The van der Waals surface area contributed by atoms with Gasteiger partial charge in [-0.05, 0) is 63.6 Å². The Morgan fingerprint density at radius 2 is 1.96 bits per heavy atom. The molecule has 0 spiro atoms. The molecule has 0 aliphatic carbocycles. The maximum absolute atomic E-state index is 12.4. The molecule has 0 bridgehead atoms. The van der Waals surface area contributed by atoms with E-state index in [-0.39, 0.29) is 36.6 Å². The van der Waals surface area contributed by atoms with Crippen LogP contribution < -0.4 is 10.6 Å². The summed E-state index contributed by atoms with van der Waals surface area (Å²) >= 11 is 0. The molecule has 7 heteroatoms. The zero-order valence-electron chi connectivity index (χ0n) is 14.8. The van der Waals surface area contributed by atoms with Crippen LogP contribution in [-0.2, 0) is 11.3 Å². The largest absolute Gasteiger partial charge is 0.346 e. The summed E-state index contributed by atoms with van der Waals surface area (Å²) in [6, 6.07) is 8.30. The zero-order valence-corrected chi connectivity index (χ0v) is 16.5. The van der Waals surface area contributed by atoms with Crippen LogP contribution in [0.15, 0.2) is 30.5 Å². The summed E-state index contributed by atoms with van der Waals surface area (Å²) < 4.78 is 2.25. The lowest BCUT2D eigenvalue weighted by atomic mass is 9.97. The highest BCUT2D eigenvalue weighted by Crippen LogP contribution is 2.22. The van der Waals surface area contributed by atoms with Gasteiger partial charge in [-0.1, -0.05) is 6.07 Å². The number of fused-ring (bicyclic) bond motifs is 1. The predicted molar refractivity (Wildman–Crippen MR) is 109 cm³/mol. The van der Waals surface area contributed by atoms with Crippen LogP contribution in [0.1, 0.15) is 12.8 Å². The Balaban J connectivity index is 0.00000156. The van der Waals surface area contributed by atoms with Crippen molar-refractivity contribution in [2.45, 2.75) is 19.4 Å². The molecule has 1 aliphatic rings. The van der Waals surface area contributed by atoms with Gasteiger partial charge in [-0.2, -0.15) is 0 Å². The van der Waals surface area contributed by atoms with E-state index in [0.717, 1.165) is 44.7 Å². The fourth-order valence-corrected chi connectivity index (χ4v) is 3.09. The number of carbonyl (C=O) groups is 1. The zero-order chi connectivity index (χ0) is 16.2. The second-order valence-corrected chi connectivity index (χ2v) is 6.60. The first-order valence-corrected chi connectivity index (χ1v) is 8.39. The average Bonchev–Trinajstić information content (AvgIpc) is 2.96. The highest BCUT2D eigenvalue weighted by Gasteiger charge is 2.20. The first-order valence-electron chi connectivity index (χ1n) is 8.39. The molecular weight excluding hydrogens is 359 g/mol. The number of hydrogen-bond acceptors (Lipinski definition) is 3. The summed E-state index contributed by atoms with van der Waals surface area (Å²) in [7, 11) is 4.16. The third-order valence-electron chi connectivity index (χ3n) is 4.54. The van der Waals surface area contributed by atoms with E-state index in [1.165, 1.54) is 10.9 Å². The second kappa shape index (κ2) is 10.0. The minimum Gasteiger partial charge on any atom is -0.346 e. The highest BCUT2D eigenvalue weighted by atomic mass is 35.5. The maximum atomic E-state index is 12.4. The number of benzene rings is 1. The Kier molecular flexibility index (Phi) is 8.73. The Morgan fingerprint density at radius 1 is 1.24 bits per heavy atom. The normalized spacial score (nSPS) is 14.8. The van der Waals surface area contributed by atoms with E-state index < -0.39 is 0 Å². The van der Waals surface area contributed by atoms with Gasteiger partial charge in [0, 0.05) is 30.9 Å². The van der Waals surface area contributed by atoms with E-state index >= 15 is 0 Å². The molecule has 25 heavy (non-hydrogen) atoms. The van der Waals surface area contributed by atoms with Gasteiger partial charge >= 0.3 is 0 Å². The molecule has 3 rings (SSSR count).